The van der Waals surface area contributed by atoms with Crippen LogP contribution in [0.5, 0.6) is 0 Å². The molecular formula is C20H30O5. The van der Waals surface area contributed by atoms with Gasteiger partial charge in [0, 0.05) is 6.42 Å². The van der Waals surface area contributed by atoms with E-state index in [4.69, 9.17) is 4.89 Å². The number of carboxylic acids is 1. The minimum absolute atomic E-state index is 0.0311. The zero-order valence-electron chi connectivity index (χ0n) is 15.7. The highest BCUT2D eigenvalue weighted by Gasteiger charge is 2.61. The number of carboxylic acid groups (broad SMARTS) is 1. The van der Waals surface area contributed by atoms with Gasteiger partial charge in [-0.25, -0.2) is 4.89 Å². The van der Waals surface area contributed by atoms with Crippen molar-refractivity contribution in [3.8, 4) is 0 Å². The van der Waals surface area contributed by atoms with Gasteiger partial charge in [-0.2, -0.15) is 0 Å². The van der Waals surface area contributed by atoms with Crippen molar-refractivity contribution in [1.29, 1.82) is 0 Å². The molecule has 2 N–H and O–H groups in total. The quantitative estimate of drug-likeness (QED) is 0.592. The summed E-state index contributed by atoms with van der Waals surface area (Å²) >= 11 is 0. The maximum atomic E-state index is 13.0. The molecule has 5 atom stereocenters. The van der Waals surface area contributed by atoms with Crippen molar-refractivity contribution in [2.75, 3.05) is 0 Å². The van der Waals surface area contributed by atoms with Gasteiger partial charge in [0.25, 0.3) is 0 Å². The molecule has 2 saturated carbocycles. The number of carbonyl (C=O) groups excluding carboxylic acids is 1. The van der Waals surface area contributed by atoms with Crippen LogP contribution in [0.1, 0.15) is 66.2 Å². The summed E-state index contributed by atoms with van der Waals surface area (Å²) in [5.41, 5.74) is -1.09. The van der Waals surface area contributed by atoms with Gasteiger partial charge < -0.3 is 5.11 Å². The van der Waals surface area contributed by atoms with Crippen LogP contribution in [0.2, 0.25) is 0 Å². The first-order chi connectivity index (χ1) is 11.6. The van der Waals surface area contributed by atoms with Crippen LogP contribution < -0.4 is 0 Å². The van der Waals surface area contributed by atoms with Gasteiger partial charge in [0.1, 0.15) is 5.60 Å². The maximum absolute atomic E-state index is 13.0. The Balaban J connectivity index is 2.06. The molecule has 0 aliphatic heterocycles. The molecule has 0 aromatic rings. The van der Waals surface area contributed by atoms with Crippen LogP contribution in [-0.4, -0.2) is 27.7 Å². The summed E-state index contributed by atoms with van der Waals surface area (Å²) < 4.78 is 0. The number of Topliss-reactive ketones (excluding diaryl/α,β-unsaturated/α-hetero) is 1. The lowest BCUT2D eigenvalue weighted by Crippen LogP contribution is -2.57. The molecule has 0 bridgehead atoms. The van der Waals surface area contributed by atoms with Crippen molar-refractivity contribution in [1.82, 2.24) is 0 Å². The number of carbonyl (C=O) groups is 2. The molecule has 0 radical (unpaired) electrons. The molecule has 3 rings (SSSR count). The van der Waals surface area contributed by atoms with Crippen LogP contribution >= 0.6 is 0 Å². The molecule has 0 aromatic carbocycles. The minimum atomic E-state index is -0.839. The van der Waals surface area contributed by atoms with E-state index in [-0.39, 0.29) is 35.4 Å². The Bertz CT molecular complexity index is 624. The lowest BCUT2D eigenvalue weighted by Gasteiger charge is -2.58. The summed E-state index contributed by atoms with van der Waals surface area (Å²) in [6.45, 7) is 7.95. The molecule has 0 amide bonds. The third kappa shape index (κ3) is 2.50. The second-order valence-electron chi connectivity index (χ2n) is 9.15. The van der Waals surface area contributed by atoms with Gasteiger partial charge in [-0.15, -0.1) is 0 Å². The van der Waals surface area contributed by atoms with Gasteiger partial charge in [-0.05, 0) is 67.4 Å². The molecular weight excluding hydrogens is 320 g/mol. The highest BCUT2D eigenvalue weighted by atomic mass is 17.1. The predicted molar refractivity (Wildman–Crippen MR) is 92.9 cm³/mol. The molecule has 0 spiro atoms. The fourth-order valence-electron chi connectivity index (χ4n) is 5.90. The van der Waals surface area contributed by atoms with Gasteiger partial charge in [0.05, 0.1) is 5.41 Å². The molecule has 25 heavy (non-hydrogen) atoms. The van der Waals surface area contributed by atoms with Gasteiger partial charge in [-0.1, -0.05) is 27.2 Å². The highest BCUT2D eigenvalue weighted by Crippen LogP contribution is 2.63. The van der Waals surface area contributed by atoms with Crippen LogP contribution in [0.15, 0.2) is 11.6 Å². The normalized spacial score (nSPS) is 44.1. The molecule has 0 heterocycles. The Hall–Kier alpha value is -1.20. The SMILES string of the molecule is CC(C)[C@]1(OO)C=C2C(=O)C[C@H]3[C@@](C)(CCC[C@@]3(C)C(=O)O)[C@H]2CC1. The van der Waals surface area contributed by atoms with E-state index in [2.05, 4.69) is 6.92 Å². The van der Waals surface area contributed by atoms with Gasteiger partial charge in [0.2, 0.25) is 0 Å². The zero-order chi connectivity index (χ0) is 18.6. The molecule has 0 aromatic heterocycles. The average Bonchev–Trinajstić information content (AvgIpc) is 2.56. The van der Waals surface area contributed by atoms with Crippen molar-refractivity contribution < 1.29 is 24.8 Å². The number of hydrogen-bond acceptors (Lipinski definition) is 4. The van der Waals surface area contributed by atoms with Crippen molar-refractivity contribution in [2.45, 2.75) is 71.8 Å². The number of ketones is 1. The lowest BCUT2D eigenvalue weighted by molar-refractivity contribution is -0.323. The summed E-state index contributed by atoms with van der Waals surface area (Å²) in [4.78, 5) is 29.8. The van der Waals surface area contributed by atoms with Crippen molar-refractivity contribution in [3.63, 3.8) is 0 Å². The van der Waals surface area contributed by atoms with Gasteiger partial charge in [-0.3, -0.25) is 14.8 Å². The second-order valence-corrected chi connectivity index (χ2v) is 9.15. The third-order valence-corrected chi connectivity index (χ3v) is 7.72. The predicted octanol–water partition coefficient (Wildman–Crippen LogP) is 4.08. The first-order valence-corrected chi connectivity index (χ1v) is 9.42. The first kappa shape index (κ1) is 18.6. The molecule has 3 aliphatic carbocycles. The number of fused-ring (bicyclic) bond motifs is 3. The number of aliphatic carboxylic acids is 1. The molecule has 5 nitrogen and oxygen atoms in total. The maximum Gasteiger partial charge on any atom is 0.309 e. The van der Waals surface area contributed by atoms with Crippen LogP contribution in [0.25, 0.3) is 0 Å². The van der Waals surface area contributed by atoms with E-state index in [0.717, 1.165) is 24.8 Å². The summed E-state index contributed by atoms with van der Waals surface area (Å²) in [6, 6.07) is 0. The average molecular weight is 350 g/mol. The summed E-state index contributed by atoms with van der Waals surface area (Å²) in [5.74, 6) is -0.777. The summed E-state index contributed by atoms with van der Waals surface area (Å²) in [5, 5.41) is 19.4. The van der Waals surface area contributed by atoms with Crippen LogP contribution in [0, 0.1) is 28.6 Å². The highest BCUT2D eigenvalue weighted by molar-refractivity contribution is 5.98. The van der Waals surface area contributed by atoms with Crippen molar-refractivity contribution >= 4 is 11.8 Å². The van der Waals surface area contributed by atoms with E-state index in [9.17, 15) is 20.0 Å². The lowest BCUT2D eigenvalue weighted by atomic mass is 9.45. The fourth-order valence-corrected chi connectivity index (χ4v) is 5.90. The Labute approximate surface area is 149 Å². The number of rotatable bonds is 3. The Kier molecular flexibility index (Phi) is 4.40. The van der Waals surface area contributed by atoms with Crippen LogP contribution in [0.4, 0.5) is 0 Å². The van der Waals surface area contributed by atoms with E-state index < -0.39 is 17.0 Å². The van der Waals surface area contributed by atoms with Crippen LogP contribution in [-0.2, 0) is 14.5 Å². The number of hydrogen-bond donors (Lipinski definition) is 2. The van der Waals surface area contributed by atoms with Crippen LogP contribution in [0.3, 0.4) is 0 Å². The van der Waals surface area contributed by atoms with Gasteiger partial charge in [0.15, 0.2) is 5.78 Å². The molecule has 0 unspecified atom stereocenters. The largest absolute Gasteiger partial charge is 0.481 e. The van der Waals surface area contributed by atoms with Crippen molar-refractivity contribution in [3.05, 3.63) is 11.6 Å². The molecule has 140 valence electrons. The fraction of sp³-hybridized carbons (Fsp3) is 0.800. The topological polar surface area (TPSA) is 83.8 Å². The van der Waals surface area contributed by atoms with E-state index in [1.54, 1.807) is 0 Å². The summed E-state index contributed by atoms with van der Waals surface area (Å²) in [6.07, 6.45) is 5.98. The molecule has 2 fully saturated rings. The molecule has 0 saturated heterocycles. The smallest absolute Gasteiger partial charge is 0.309 e. The Morgan fingerprint density at radius 1 is 1.28 bits per heavy atom. The second kappa shape index (κ2) is 5.92. The Morgan fingerprint density at radius 3 is 2.52 bits per heavy atom. The van der Waals surface area contributed by atoms with Gasteiger partial charge >= 0.3 is 5.97 Å². The van der Waals surface area contributed by atoms with E-state index in [1.807, 2.05) is 26.8 Å². The first-order valence-electron chi connectivity index (χ1n) is 9.42. The monoisotopic (exact) mass is 350 g/mol. The standard InChI is InChI=1S/C20H30O5/c1-12(2)20(25-24)9-6-14-13(11-20)15(21)10-16-18(14,3)7-5-8-19(16,4)17(22)23/h11-12,14,16,24H,5-10H2,1-4H3,(H,22,23)/t14-,16-,18-,19+,20+/m0/s1. The third-order valence-electron chi connectivity index (χ3n) is 7.72. The van der Waals surface area contributed by atoms with E-state index >= 15 is 0 Å². The van der Waals surface area contributed by atoms with E-state index in [1.165, 1.54) is 0 Å². The summed E-state index contributed by atoms with van der Waals surface area (Å²) in [7, 11) is 0. The Morgan fingerprint density at radius 2 is 1.96 bits per heavy atom. The van der Waals surface area contributed by atoms with E-state index in [0.29, 0.717) is 12.8 Å². The zero-order valence-corrected chi connectivity index (χ0v) is 15.7. The molecule has 5 heteroatoms. The molecule has 3 aliphatic rings. The van der Waals surface area contributed by atoms with Crippen molar-refractivity contribution in [2.24, 2.45) is 28.6 Å². The minimum Gasteiger partial charge on any atom is -0.481 e. The number of allylic oxidation sites excluding steroid dienone is 1.